The topological polar surface area (TPSA) is 108 Å². The molecule has 2 bridgehead atoms. The Hall–Kier alpha value is -1.97. The zero-order valence-electron chi connectivity index (χ0n) is 20.0. The Morgan fingerprint density at radius 1 is 1.24 bits per heavy atom. The Kier molecular flexibility index (Phi) is 7.36. The molecule has 1 aromatic rings. The first kappa shape index (κ1) is 25.1. The number of para-hydroxylation sites is 1. The quantitative estimate of drug-likeness (QED) is 0.332. The first-order chi connectivity index (χ1) is 16.3. The van der Waals surface area contributed by atoms with Crippen molar-refractivity contribution in [2.24, 2.45) is 11.8 Å². The molecule has 0 aliphatic carbocycles. The van der Waals surface area contributed by atoms with Crippen LogP contribution in [0.1, 0.15) is 43.7 Å². The maximum atomic E-state index is 13.8. The van der Waals surface area contributed by atoms with Gasteiger partial charge in [0.15, 0.2) is 0 Å². The summed E-state index contributed by atoms with van der Waals surface area (Å²) in [6.07, 6.45) is 1.90. The zero-order valence-corrected chi connectivity index (χ0v) is 21.6. The molecule has 3 N–H and O–H groups in total. The van der Waals surface area contributed by atoms with Crippen LogP contribution in [0, 0.1) is 25.7 Å². The van der Waals surface area contributed by atoms with Gasteiger partial charge < -0.3 is 25.4 Å². The number of nitrogens with zero attached hydrogens (tertiary/aromatic N) is 1. The Balaban J connectivity index is 1.70. The lowest BCUT2D eigenvalue weighted by Crippen LogP contribution is -2.54. The second-order valence-corrected chi connectivity index (χ2v) is 10.8. The summed E-state index contributed by atoms with van der Waals surface area (Å²) in [5.74, 6) is -2.05. The highest BCUT2D eigenvalue weighted by molar-refractivity contribution is 9.09. The molecule has 1 aromatic carbocycles. The second kappa shape index (κ2) is 9.95. The van der Waals surface area contributed by atoms with Gasteiger partial charge in [-0.05, 0) is 50.7 Å². The highest BCUT2D eigenvalue weighted by Gasteiger charge is 2.76. The summed E-state index contributed by atoms with van der Waals surface area (Å²) in [5, 5.41) is 15.3. The van der Waals surface area contributed by atoms with E-state index in [1.165, 1.54) is 0 Å². The number of unbranched alkanes of at least 4 members (excludes halogenated alkanes) is 1. The minimum atomic E-state index is -1.07. The Morgan fingerprint density at radius 2 is 1.94 bits per heavy atom. The Labute approximate surface area is 208 Å². The molecule has 4 rings (SSSR count). The third-order valence-electron chi connectivity index (χ3n) is 7.43. The van der Waals surface area contributed by atoms with Crippen LogP contribution in [0.3, 0.4) is 0 Å². The summed E-state index contributed by atoms with van der Waals surface area (Å²) < 4.78 is 6.47. The van der Waals surface area contributed by atoms with Gasteiger partial charge in [-0.3, -0.25) is 14.4 Å². The fourth-order valence-corrected chi connectivity index (χ4v) is 6.88. The fourth-order valence-electron chi connectivity index (χ4n) is 5.93. The average Bonchev–Trinajstić information content (AvgIpc) is 3.38. The van der Waals surface area contributed by atoms with E-state index in [-0.39, 0.29) is 29.2 Å². The number of likely N-dealkylation sites (tertiary alicyclic amines) is 1. The van der Waals surface area contributed by atoms with Crippen molar-refractivity contribution in [3.63, 3.8) is 0 Å². The third kappa shape index (κ3) is 4.05. The summed E-state index contributed by atoms with van der Waals surface area (Å²) >= 11 is 3.67. The van der Waals surface area contributed by atoms with Gasteiger partial charge in [-0.1, -0.05) is 41.1 Å². The van der Waals surface area contributed by atoms with E-state index < -0.39 is 29.6 Å². The van der Waals surface area contributed by atoms with E-state index in [0.717, 1.165) is 23.2 Å². The molecule has 3 saturated heterocycles. The van der Waals surface area contributed by atoms with Crippen molar-refractivity contribution >= 4 is 39.3 Å². The van der Waals surface area contributed by atoms with Gasteiger partial charge in [0.1, 0.15) is 11.6 Å². The molecular weight excluding hydrogens is 502 g/mol. The molecule has 3 fully saturated rings. The number of aryl methyl sites for hydroxylation is 2. The average molecular weight is 536 g/mol. The highest BCUT2D eigenvalue weighted by Crippen LogP contribution is 2.60. The van der Waals surface area contributed by atoms with Gasteiger partial charge in [-0.15, -0.1) is 0 Å². The van der Waals surface area contributed by atoms with Crippen LogP contribution < -0.4 is 10.6 Å². The first-order valence-electron chi connectivity index (χ1n) is 12.1. The number of carbonyl (C=O) groups is 3. The molecule has 0 radical (unpaired) electrons. The largest absolute Gasteiger partial charge is 0.396 e. The molecule has 186 valence electrons. The van der Waals surface area contributed by atoms with Crippen molar-refractivity contribution in [2.45, 2.75) is 69.0 Å². The molecular formula is C25H34BrN3O5. The van der Waals surface area contributed by atoms with Crippen molar-refractivity contribution in [1.29, 1.82) is 0 Å². The highest BCUT2D eigenvalue weighted by atomic mass is 79.9. The maximum absolute atomic E-state index is 13.8. The van der Waals surface area contributed by atoms with E-state index in [2.05, 4.69) is 26.6 Å². The summed E-state index contributed by atoms with van der Waals surface area (Å²) in [6.45, 7) is 6.71. The van der Waals surface area contributed by atoms with Gasteiger partial charge in [-0.2, -0.15) is 0 Å². The van der Waals surface area contributed by atoms with E-state index in [1.807, 2.05) is 39.0 Å². The number of anilines is 1. The Bertz CT molecular complexity index is 952. The molecule has 3 aliphatic rings. The van der Waals surface area contributed by atoms with Gasteiger partial charge in [0.2, 0.25) is 17.7 Å². The molecule has 8 nitrogen and oxygen atoms in total. The summed E-state index contributed by atoms with van der Waals surface area (Å²) in [7, 11) is 0. The number of carbonyl (C=O) groups excluding carboxylic acids is 3. The van der Waals surface area contributed by atoms with Crippen LogP contribution in [0.15, 0.2) is 18.2 Å². The van der Waals surface area contributed by atoms with E-state index in [1.54, 1.807) is 4.90 Å². The fraction of sp³-hybridized carbons (Fsp3) is 0.640. The van der Waals surface area contributed by atoms with Crippen LogP contribution in [-0.2, 0) is 19.1 Å². The number of nitrogens with one attached hydrogen (secondary N) is 2. The number of aliphatic hydroxyl groups is 1. The summed E-state index contributed by atoms with van der Waals surface area (Å²) in [4.78, 5) is 42.2. The van der Waals surface area contributed by atoms with Crippen molar-refractivity contribution in [2.75, 3.05) is 25.0 Å². The summed E-state index contributed by atoms with van der Waals surface area (Å²) in [5.41, 5.74) is 1.54. The molecule has 34 heavy (non-hydrogen) atoms. The molecule has 0 saturated carbocycles. The number of halogens is 1. The molecule has 3 aliphatic heterocycles. The third-order valence-corrected chi connectivity index (χ3v) is 8.27. The van der Waals surface area contributed by atoms with E-state index in [4.69, 9.17) is 4.74 Å². The molecule has 0 aromatic heterocycles. The predicted molar refractivity (Wildman–Crippen MR) is 132 cm³/mol. The van der Waals surface area contributed by atoms with Crippen molar-refractivity contribution in [3.05, 3.63) is 29.3 Å². The molecule has 6 atom stereocenters. The first-order valence-corrected chi connectivity index (χ1v) is 13.1. The van der Waals surface area contributed by atoms with E-state index in [9.17, 15) is 19.5 Å². The van der Waals surface area contributed by atoms with Gasteiger partial charge >= 0.3 is 0 Å². The molecule has 1 spiro atoms. The number of fused-ring (bicyclic) bond motifs is 1. The van der Waals surface area contributed by atoms with Gasteiger partial charge in [0.05, 0.1) is 17.9 Å². The standard InChI is InChI=1S/C25H34BrN3O5/c1-4-10-27-22(31)17-18-24(33)29(11-5-6-12-30)21(25(18)13-16(26)20(17)34-25)23(32)28-19-14(2)8-7-9-15(19)3/h7-9,16-18,20-21,30H,4-6,10-13H2,1-3H3,(H,27,31)(H,28,32)/t16?,17-,18-,20-,21?,25?/m0/s1. The zero-order chi connectivity index (χ0) is 24.6. The number of benzene rings is 1. The number of rotatable bonds is 9. The minimum absolute atomic E-state index is 0.0139. The number of hydrogen-bond acceptors (Lipinski definition) is 5. The van der Waals surface area contributed by atoms with Crippen LogP contribution in [0.2, 0.25) is 0 Å². The van der Waals surface area contributed by atoms with Gasteiger partial charge in [-0.25, -0.2) is 0 Å². The molecule has 3 heterocycles. The van der Waals surface area contributed by atoms with Crippen molar-refractivity contribution in [1.82, 2.24) is 10.2 Å². The lowest BCUT2D eigenvalue weighted by molar-refractivity contribution is -0.140. The van der Waals surface area contributed by atoms with E-state index >= 15 is 0 Å². The van der Waals surface area contributed by atoms with Crippen LogP contribution in [0.25, 0.3) is 0 Å². The molecule has 3 amide bonds. The van der Waals surface area contributed by atoms with Crippen LogP contribution >= 0.6 is 15.9 Å². The number of hydrogen-bond donors (Lipinski definition) is 3. The monoisotopic (exact) mass is 535 g/mol. The molecule has 3 unspecified atom stereocenters. The lowest BCUT2D eigenvalue weighted by Gasteiger charge is -2.34. The summed E-state index contributed by atoms with van der Waals surface area (Å²) in [6, 6.07) is 4.95. The number of aliphatic hydroxyl groups excluding tert-OH is 1. The van der Waals surface area contributed by atoms with Crippen molar-refractivity contribution < 1.29 is 24.2 Å². The normalized spacial score (nSPS) is 31.6. The predicted octanol–water partition coefficient (Wildman–Crippen LogP) is 2.29. The van der Waals surface area contributed by atoms with Crippen LogP contribution in [-0.4, -0.2) is 70.0 Å². The number of amides is 3. The lowest BCUT2D eigenvalue weighted by atomic mass is 9.70. The van der Waals surface area contributed by atoms with Crippen LogP contribution in [0.4, 0.5) is 5.69 Å². The molecule has 9 heteroatoms. The van der Waals surface area contributed by atoms with Gasteiger partial charge in [0, 0.05) is 30.2 Å². The van der Waals surface area contributed by atoms with Crippen molar-refractivity contribution in [3.8, 4) is 0 Å². The second-order valence-electron chi connectivity index (χ2n) is 9.67. The van der Waals surface area contributed by atoms with Crippen LogP contribution in [0.5, 0.6) is 0 Å². The maximum Gasteiger partial charge on any atom is 0.250 e. The SMILES string of the molecule is CCCNC(=O)[C@H]1[C@H]2C(=O)N(CCCCO)C(C(=O)Nc3c(C)cccc3C)C23CC(Br)[C@@H]1O3. The minimum Gasteiger partial charge on any atom is -0.396 e. The number of alkyl halides is 1. The smallest absolute Gasteiger partial charge is 0.250 e. The van der Waals surface area contributed by atoms with E-state index in [0.29, 0.717) is 32.4 Å². The Morgan fingerprint density at radius 3 is 2.59 bits per heavy atom. The number of ether oxygens (including phenoxy) is 1. The van der Waals surface area contributed by atoms with Gasteiger partial charge in [0.25, 0.3) is 0 Å².